The van der Waals surface area contributed by atoms with E-state index in [0.29, 0.717) is 17.2 Å². The van der Waals surface area contributed by atoms with Gasteiger partial charge in [-0.1, -0.05) is 0 Å². The summed E-state index contributed by atoms with van der Waals surface area (Å²) in [6.07, 6.45) is -3.21. The van der Waals surface area contributed by atoms with Crippen LogP contribution in [0.4, 0.5) is 30.4 Å². The van der Waals surface area contributed by atoms with E-state index in [1.165, 1.54) is 24.4 Å². The van der Waals surface area contributed by atoms with Crippen molar-refractivity contribution in [2.45, 2.75) is 6.36 Å². The molecule has 0 unspecified atom stereocenters. The molecule has 0 bridgehead atoms. The summed E-state index contributed by atoms with van der Waals surface area (Å²) >= 11 is 3.02. The van der Waals surface area contributed by atoms with E-state index in [1.807, 2.05) is 0 Å². The van der Waals surface area contributed by atoms with E-state index in [4.69, 9.17) is 5.73 Å². The lowest BCUT2D eigenvalue weighted by Gasteiger charge is -2.12. The molecule has 20 heavy (non-hydrogen) atoms. The normalized spacial score (nSPS) is 11.2. The lowest BCUT2D eigenvalue weighted by molar-refractivity contribution is -0.274. The lowest BCUT2D eigenvalue weighted by atomic mass is 10.3. The molecule has 0 radical (unpaired) electrons. The molecular formula is C12H9BrF3N3O. The van der Waals surface area contributed by atoms with Crippen molar-refractivity contribution in [3.63, 3.8) is 0 Å². The molecule has 1 aromatic heterocycles. The first-order chi connectivity index (χ1) is 9.33. The first kappa shape index (κ1) is 14.4. The summed E-state index contributed by atoms with van der Waals surface area (Å²) in [7, 11) is 0. The molecule has 3 N–H and O–H groups in total. The Labute approximate surface area is 120 Å². The second kappa shape index (κ2) is 5.58. The molecule has 0 saturated carbocycles. The van der Waals surface area contributed by atoms with Gasteiger partial charge in [-0.15, -0.1) is 13.2 Å². The fourth-order valence-corrected chi connectivity index (χ4v) is 1.89. The minimum atomic E-state index is -4.72. The summed E-state index contributed by atoms with van der Waals surface area (Å²) in [5.74, 6) is 0.0733. The van der Waals surface area contributed by atoms with Crippen LogP contribution in [0, 0.1) is 0 Å². The summed E-state index contributed by atoms with van der Waals surface area (Å²) in [6.45, 7) is 0. The number of hydrogen-bond donors (Lipinski definition) is 2. The fourth-order valence-electron chi connectivity index (χ4n) is 1.43. The second-order valence-corrected chi connectivity index (χ2v) is 4.64. The number of ether oxygens (including phenoxy) is 1. The predicted molar refractivity (Wildman–Crippen MR) is 72.8 cm³/mol. The molecule has 2 rings (SSSR count). The predicted octanol–water partition coefficient (Wildman–Crippen LogP) is 4.07. The van der Waals surface area contributed by atoms with E-state index in [9.17, 15) is 13.2 Å². The summed E-state index contributed by atoms with van der Waals surface area (Å²) in [5, 5.41) is 2.98. The van der Waals surface area contributed by atoms with Crippen LogP contribution < -0.4 is 15.8 Å². The Morgan fingerprint density at radius 3 is 2.40 bits per heavy atom. The van der Waals surface area contributed by atoms with E-state index < -0.39 is 6.36 Å². The van der Waals surface area contributed by atoms with Crippen molar-refractivity contribution in [1.29, 1.82) is 0 Å². The Morgan fingerprint density at radius 1 is 1.15 bits per heavy atom. The van der Waals surface area contributed by atoms with Crippen molar-refractivity contribution in [2.75, 3.05) is 11.1 Å². The largest absolute Gasteiger partial charge is 0.573 e. The molecule has 0 atom stereocenters. The highest BCUT2D eigenvalue weighted by molar-refractivity contribution is 9.10. The number of hydrogen-bond acceptors (Lipinski definition) is 4. The van der Waals surface area contributed by atoms with Crippen molar-refractivity contribution in [2.24, 2.45) is 0 Å². The summed E-state index contributed by atoms with van der Waals surface area (Å²) in [4.78, 5) is 3.89. The number of nitrogens with one attached hydrogen (secondary N) is 1. The number of nitrogen functional groups attached to an aromatic ring is 1. The number of benzene rings is 1. The molecule has 4 nitrogen and oxygen atoms in total. The number of alkyl halides is 3. The van der Waals surface area contributed by atoms with Gasteiger partial charge in [-0.2, -0.15) is 0 Å². The molecule has 106 valence electrons. The van der Waals surface area contributed by atoms with E-state index in [1.54, 1.807) is 12.1 Å². The van der Waals surface area contributed by atoms with Crippen molar-refractivity contribution < 1.29 is 17.9 Å². The molecule has 8 heteroatoms. The molecule has 0 saturated heterocycles. The monoisotopic (exact) mass is 347 g/mol. The number of nitrogens with two attached hydrogens (primary N) is 1. The van der Waals surface area contributed by atoms with Gasteiger partial charge in [0.1, 0.15) is 11.6 Å². The van der Waals surface area contributed by atoms with Crippen molar-refractivity contribution in [3.05, 3.63) is 41.0 Å². The van der Waals surface area contributed by atoms with Crippen molar-refractivity contribution >= 4 is 33.1 Å². The van der Waals surface area contributed by atoms with Gasteiger partial charge in [0.25, 0.3) is 0 Å². The molecular weight excluding hydrogens is 339 g/mol. The van der Waals surface area contributed by atoms with Crippen molar-refractivity contribution in [1.82, 2.24) is 4.98 Å². The van der Waals surface area contributed by atoms with Gasteiger partial charge in [0.15, 0.2) is 0 Å². The van der Waals surface area contributed by atoms with Crippen LogP contribution >= 0.6 is 15.9 Å². The van der Waals surface area contributed by atoms with Gasteiger partial charge in [0.2, 0.25) is 0 Å². The number of anilines is 3. The van der Waals surface area contributed by atoms with Crippen LogP contribution in [0.3, 0.4) is 0 Å². The highest BCUT2D eigenvalue weighted by Gasteiger charge is 2.31. The quantitative estimate of drug-likeness (QED) is 0.878. The zero-order chi connectivity index (χ0) is 14.8. The van der Waals surface area contributed by atoms with Gasteiger partial charge >= 0.3 is 6.36 Å². The van der Waals surface area contributed by atoms with E-state index in [2.05, 4.69) is 31.0 Å². The minimum Gasteiger partial charge on any atom is -0.405 e. The minimum absolute atomic E-state index is 0.184. The lowest BCUT2D eigenvalue weighted by Crippen LogP contribution is -2.17. The highest BCUT2D eigenvalue weighted by Crippen LogP contribution is 2.33. The van der Waals surface area contributed by atoms with Gasteiger partial charge in [0.05, 0.1) is 16.4 Å². The van der Waals surface area contributed by atoms with Gasteiger partial charge < -0.3 is 15.8 Å². The maximum atomic E-state index is 12.1. The molecule has 0 fully saturated rings. The van der Waals surface area contributed by atoms with Crippen LogP contribution in [0.25, 0.3) is 0 Å². The third-order valence-corrected chi connectivity index (χ3v) is 2.85. The van der Waals surface area contributed by atoms with Crippen LogP contribution in [0.5, 0.6) is 5.75 Å². The molecule has 0 aliphatic heterocycles. The highest BCUT2D eigenvalue weighted by atomic mass is 79.9. The molecule has 1 heterocycles. The summed E-state index contributed by atoms with van der Waals surface area (Å²) in [5.41, 5.74) is 6.70. The van der Waals surface area contributed by atoms with Crippen LogP contribution in [-0.2, 0) is 0 Å². The Morgan fingerprint density at radius 2 is 1.85 bits per heavy atom. The van der Waals surface area contributed by atoms with Crippen LogP contribution in [0.2, 0.25) is 0 Å². The average Bonchev–Trinajstić information content (AvgIpc) is 2.34. The van der Waals surface area contributed by atoms with Gasteiger partial charge in [0, 0.05) is 5.69 Å². The van der Waals surface area contributed by atoms with Gasteiger partial charge in [-0.05, 0) is 46.3 Å². The SMILES string of the molecule is Nc1ccc(Nc2ccc(OC(F)(F)F)c(Br)c2)cn1. The Kier molecular flexibility index (Phi) is 4.03. The molecule has 0 aliphatic rings. The molecule has 0 amide bonds. The van der Waals surface area contributed by atoms with Gasteiger partial charge in [-0.25, -0.2) is 4.98 Å². The number of halogens is 4. The molecule has 2 aromatic rings. The number of aromatic nitrogens is 1. The molecule has 1 aromatic carbocycles. The number of nitrogens with zero attached hydrogens (tertiary/aromatic N) is 1. The van der Waals surface area contributed by atoms with Gasteiger partial charge in [-0.3, -0.25) is 0 Å². The van der Waals surface area contributed by atoms with Crippen LogP contribution in [-0.4, -0.2) is 11.3 Å². The topological polar surface area (TPSA) is 60.2 Å². The van der Waals surface area contributed by atoms with E-state index in [-0.39, 0.29) is 10.2 Å². The first-order valence-corrected chi connectivity index (χ1v) is 6.17. The van der Waals surface area contributed by atoms with E-state index in [0.717, 1.165) is 0 Å². The summed E-state index contributed by atoms with van der Waals surface area (Å²) in [6, 6.07) is 7.46. The standard InChI is InChI=1S/C12H9BrF3N3O/c13-9-5-7(1-3-10(9)20-12(14,15)16)19-8-2-4-11(17)18-6-8/h1-6,19H,(H2,17,18). The summed E-state index contributed by atoms with van der Waals surface area (Å²) < 4.78 is 40.4. The second-order valence-electron chi connectivity index (χ2n) is 3.79. The third kappa shape index (κ3) is 4.02. The number of pyridine rings is 1. The Balaban J connectivity index is 2.14. The maximum Gasteiger partial charge on any atom is 0.573 e. The zero-order valence-electron chi connectivity index (χ0n) is 9.91. The molecule has 0 spiro atoms. The number of rotatable bonds is 3. The molecule has 0 aliphatic carbocycles. The Hall–Kier alpha value is -1.96. The van der Waals surface area contributed by atoms with Crippen LogP contribution in [0.15, 0.2) is 41.0 Å². The maximum absolute atomic E-state index is 12.1. The third-order valence-electron chi connectivity index (χ3n) is 2.23. The van der Waals surface area contributed by atoms with Crippen molar-refractivity contribution in [3.8, 4) is 5.75 Å². The smallest absolute Gasteiger partial charge is 0.405 e. The van der Waals surface area contributed by atoms with E-state index >= 15 is 0 Å². The first-order valence-electron chi connectivity index (χ1n) is 5.37. The Bertz CT molecular complexity index is 602. The average molecular weight is 348 g/mol. The van der Waals surface area contributed by atoms with Crippen LogP contribution in [0.1, 0.15) is 0 Å². The zero-order valence-corrected chi connectivity index (χ0v) is 11.5. The fraction of sp³-hybridized carbons (Fsp3) is 0.0833.